The van der Waals surface area contributed by atoms with Crippen LogP contribution in [-0.2, 0) is 10.2 Å². The molecule has 4 nitrogen and oxygen atoms in total. The number of carbonyl (C=O) groups excluding carboxylic acids is 2. The molecule has 1 aliphatic rings. The van der Waals surface area contributed by atoms with Crippen molar-refractivity contribution in [3.05, 3.63) is 65.7 Å². The zero-order valence-corrected chi connectivity index (χ0v) is 15.5. The number of benzene rings is 2. The summed E-state index contributed by atoms with van der Waals surface area (Å²) in [4.78, 5) is 27.1. The average Bonchev–Trinajstić information content (AvgIpc) is 2.63. The minimum atomic E-state index is -0.420. The van der Waals surface area contributed by atoms with Gasteiger partial charge >= 0.3 is 0 Å². The molecule has 0 atom stereocenters. The summed E-state index contributed by atoms with van der Waals surface area (Å²) >= 11 is 0. The molecule has 1 aliphatic carbocycles. The SMILES string of the molecule is CCN(CC)C(=O)c1ccc(NC(=O)C2(c3ccccc3)CCC2)cc1. The van der Waals surface area contributed by atoms with Crippen molar-refractivity contribution in [3.8, 4) is 0 Å². The number of nitrogens with zero attached hydrogens (tertiary/aromatic N) is 1. The number of hydrogen-bond acceptors (Lipinski definition) is 2. The van der Waals surface area contributed by atoms with E-state index in [0.717, 1.165) is 30.5 Å². The van der Waals surface area contributed by atoms with Crippen LogP contribution in [0.1, 0.15) is 49.0 Å². The molecule has 0 unspecified atom stereocenters. The van der Waals surface area contributed by atoms with Gasteiger partial charge in [-0.1, -0.05) is 36.8 Å². The van der Waals surface area contributed by atoms with Crippen LogP contribution in [0.5, 0.6) is 0 Å². The molecule has 2 amide bonds. The highest BCUT2D eigenvalue weighted by Crippen LogP contribution is 2.44. The maximum atomic E-state index is 13.0. The Morgan fingerprint density at radius 3 is 2.08 bits per heavy atom. The van der Waals surface area contributed by atoms with Crippen LogP contribution in [0.3, 0.4) is 0 Å². The number of anilines is 1. The molecule has 3 rings (SSSR count). The van der Waals surface area contributed by atoms with Crippen molar-refractivity contribution < 1.29 is 9.59 Å². The van der Waals surface area contributed by atoms with Gasteiger partial charge in [0.05, 0.1) is 5.41 Å². The van der Waals surface area contributed by atoms with Crippen molar-refractivity contribution >= 4 is 17.5 Å². The highest BCUT2D eigenvalue weighted by Gasteiger charge is 2.45. The molecule has 0 aliphatic heterocycles. The summed E-state index contributed by atoms with van der Waals surface area (Å²) in [5.41, 5.74) is 2.04. The molecule has 1 fully saturated rings. The van der Waals surface area contributed by atoms with E-state index < -0.39 is 5.41 Å². The lowest BCUT2D eigenvalue weighted by Crippen LogP contribution is -2.45. The Bertz CT molecular complexity index is 760. The van der Waals surface area contributed by atoms with Crippen LogP contribution in [-0.4, -0.2) is 29.8 Å². The first-order valence-electron chi connectivity index (χ1n) is 9.37. The van der Waals surface area contributed by atoms with Crippen LogP contribution in [0.25, 0.3) is 0 Å². The standard InChI is InChI=1S/C22H26N2O2/c1-3-24(4-2)20(25)17-11-13-19(14-12-17)23-21(26)22(15-8-16-22)18-9-6-5-7-10-18/h5-7,9-14H,3-4,8,15-16H2,1-2H3,(H,23,26). The third-order valence-electron chi connectivity index (χ3n) is 5.41. The van der Waals surface area contributed by atoms with E-state index in [0.29, 0.717) is 18.7 Å². The lowest BCUT2D eigenvalue weighted by atomic mass is 9.64. The Labute approximate surface area is 155 Å². The van der Waals surface area contributed by atoms with Gasteiger partial charge in [0, 0.05) is 24.3 Å². The van der Waals surface area contributed by atoms with Gasteiger partial charge in [0.15, 0.2) is 0 Å². The number of carbonyl (C=O) groups is 2. The molecule has 2 aromatic carbocycles. The van der Waals surface area contributed by atoms with Crippen molar-refractivity contribution in [1.82, 2.24) is 4.90 Å². The molecule has 0 aromatic heterocycles. The maximum absolute atomic E-state index is 13.0. The van der Waals surface area contributed by atoms with Crippen LogP contribution < -0.4 is 5.32 Å². The molecule has 0 saturated heterocycles. The normalized spacial score (nSPS) is 15.0. The molecule has 4 heteroatoms. The summed E-state index contributed by atoms with van der Waals surface area (Å²) in [5.74, 6) is 0.0606. The van der Waals surface area contributed by atoms with Crippen molar-refractivity contribution in [3.63, 3.8) is 0 Å². The Hall–Kier alpha value is -2.62. The van der Waals surface area contributed by atoms with Gasteiger partial charge in [-0.3, -0.25) is 9.59 Å². The maximum Gasteiger partial charge on any atom is 0.253 e. The van der Waals surface area contributed by atoms with Crippen LogP contribution in [0.15, 0.2) is 54.6 Å². The van der Waals surface area contributed by atoms with Crippen LogP contribution in [0, 0.1) is 0 Å². The fraction of sp³-hybridized carbons (Fsp3) is 0.364. The fourth-order valence-corrected chi connectivity index (χ4v) is 3.57. The van der Waals surface area contributed by atoms with Gasteiger partial charge in [-0.25, -0.2) is 0 Å². The van der Waals surface area contributed by atoms with Gasteiger partial charge in [-0.15, -0.1) is 0 Å². The van der Waals surface area contributed by atoms with E-state index in [-0.39, 0.29) is 11.8 Å². The fourth-order valence-electron chi connectivity index (χ4n) is 3.57. The second-order valence-electron chi connectivity index (χ2n) is 6.81. The minimum absolute atomic E-state index is 0.0209. The highest BCUT2D eigenvalue weighted by atomic mass is 16.2. The molecule has 0 spiro atoms. The summed E-state index contributed by atoms with van der Waals surface area (Å²) in [7, 11) is 0. The van der Waals surface area contributed by atoms with Crippen LogP contribution in [0.4, 0.5) is 5.69 Å². The zero-order valence-electron chi connectivity index (χ0n) is 15.5. The monoisotopic (exact) mass is 350 g/mol. The molecule has 0 bridgehead atoms. The van der Waals surface area contributed by atoms with Gasteiger partial charge in [-0.05, 0) is 56.5 Å². The second kappa shape index (κ2) is 7.73. The van der Waals surface area contributed by atoms with E-state index in [1.165, 1.54) is 0 Å². The van der Waals surface area contributed by atoms with E-state index in [2.05, 4.69) is 5.32 Å². The van der Waals surface area contributed by atoms with Crippen molar-refractivity contribution in [2.75, 3.05) is 18.4 Å². The third-order valence-corrected chi connectivity index (χ3v) is 5.41. The number of rotatable bonds is 6. The Morgan fingerprint density at radius 1 is 0.962 bits per heavy atom. The molecule has 1 saturated carbocycles. The third kappa shape index (κ3) is 3.36. The summed E-state index contributed by atoms with van der Waals surface area (Å²) < 4.78 is 0. The summed E-state index contributed by atoms with van der Waals surface area (Å²) in [5, 5.41) is 3.04. The summed E-state index contributed by atoms with van der Waals surface area (Å²) in [6, 6.07) is 17.2. The van der Waals surface area contributed by atoms with Gasteiger partial charge in [0.1, 0.15) is 0 Å². The lowest BCUT2D eigenvalue weighted by Gasteiger charge is -2.40. The van der Waals surface area contributed by atoms with Gasteiger partial charge < -0.3 is 10.2 Å². The van der Waals surface area contributed by atoms with Gasteiger partial charge in [0.25, 0.3) is 5.91 Å². The molecular weight excluding hydrogens is 324 g/mol. The quantitative estimate of drug-likeness (QED) is 0.847. The van der Waals surface area contributed by atoms with Crippen molar-refractivity contribution in [2.45, 2.75) is 38.5 Å². The zero-order chi connectivity index (χ0) is 18.6. The average molecular weight is 350 g/mol. The van der Waals surface area contributed by atoms with Crippen LogP contribution >= 0.6 is 0 Å². The molecular formula is C22H26N2O2. The molecule has 0 heterocycles. The lowest BCUT2D eigenvalue weighted by molar-refractivity contribution is -0.124. The molecule has 1 N–H and O–H groups in total. The Balaban J connectivity index is 1.73. The first-order chi connectivity index (χ1) is 12.6. The van der Waals surface area contributed by atoms with Gasteiger partial charge in [-0.2, -0.15) is 0 Å². The molecule has 2 aromatic rings. The first-order valence-corrected chi connectivity index (χ1v) is 9.37. The summed E-state index contributed by atoms with van der Waals surface area (Å²) in [6.45, 7) is 5.32. The molecule has 0 radical (unpaired) electrons. The first kappa shape index (κ1) is 18.2. The van der Waals surface area contributed by atoms with E-state index in [1.54, 1.807) is 17.0 Å². The largest absolute Gasteiger partial charge is 0.339 e. The smallest absolute Gasteiger partial charge is 0.253 e. The minimum Gasteiger partial charge on any atom is -0.339 e. The van der Waals surface area contributed by atoms with E-state index in [9.17, 15) is 9.59 Å². The topological polar surface area (TPSA) is 49.4 Å². The van der Waals surface area contributed by atoms with Crippen molar-refractivity contribution in [2.24, 2.45) is 0 Å². The van der Waals surface area contributed by atoms with Gasteiger partial charge in [0.2, 0.25) is 5.91 Å². The van der Waals surface area contributed by atoms with E-state index in [4.69, 9.17) is 0 Å². The predicted octanol–water partition coefficient (Wildman–Crippen LogP) is 4.23. The van der Waals surface area contributed by atoms with Crippen LogP contribution in [0.2, 0.25) is 0 Å². The highest BCUT2D eigenvalue weighted by molar-refractivity contribution is 6.00. The predicted molar refractivity (Wildman–Crippen MR) is 104 cm³/mol. The summed E-state index contributed by atoms with van der Waals surface area (Å²) in [6.07, 6.45) is 2.82. The molecule has 26 heavy (non-hydrogen) atoms. The number of hydrogen-bond donors (Lipinski definition) is 1. The molecule has 136 valence electrons. The Morgan fingerprint density at radius 2 is 1.58 bits per heavy atom. The number of nitrogens with one attached hydrogen (secondary N) is 1. The van der Waals surface area contributed by atoms with E-state index in [1.807, 2.05) is 56.3 Å². The van der Waals surface area contributed by atoms with E-state index >= 15 is 0 Å². The second-order valence-corrected chi connectivity index (χ2v) is 6.81. The number of amides is 2. The Kier molecular flexibility index (Phi) is 5.40. The van der Waals surface area contributed by atoms with Crippen molar-refractivity contribution in [1.29, 1.82) is 0 Å².